The summed E-state index contributed by atoms with van der Waals surface area (Å²) in [6.07, 6.45) is -0.732. The molecular weight excluding hydrogens is 540 g/mol. The lowest BCUT2D eigenvalue weighted by molar-refractivity contribution is -0.146. The number of halogens is 1. The highest BCUT2D eigenvalue weighted by molar-refractivity contribution is 6.33. The first-order valence-electron chi connectivity index (χ1n) is 12.7. The van der Waals surface area contributed by atoms with Gasteiger partial charge in [-0.25, -0.2) is 0 Å². The van der Waals surface area contributed by atoms with Crippen LogP contribution in [0.1, 0.15) is 22.8 Å². The lowest BCUT2D eigenvalue weighted by Gasteiger charge is -2.21. The highest BCUT2D eigenvalue weighted by Gasteiger charge is 2.25. The summed E-state index contributed by atoms with van der Waals surface area (Å²) in [5, 5.41) is 0.190. The van der Waals surface area contributed by atoms with Crippen LogP contribution in [0, 0.1) is 0 Å². The van der Waals surface area contributed by atoms with E-state index < -0.39 is 12.1 Å². The van der Waals surface area contributed by atoms with Crippen molar-refractivity contribution in [3.63, 3.8) is 0 Å². The third kappa shape index (κ3) is 9.39. The molecule has 9 nitrogen and oxygen atoms in total. The van der Waals surface area contributed by atoms with Crippen LogP contribution in [0.5, 0.6) is 17.2 Å². The maximum absolute atomic E-state index is 13.3. The van der Waals surface area contributed by atoms with Crippen molar-refractivity contribution in [2.24, 2.45) is 0 Å². The number of carbonyl (C=O) groups is 1. The minimum absolute atomic E-state index is 0.0942. The second kappa shape index (κ2) is 17.4. The van der Waals surface area contributed by atoms with Crippen molar-refractivity contribution >= 4 is 17.6 Å². The zero-order chi connectivity index (χ0) is 28.6. The highest BCUT2D eigenvalue weighted by Crippen LogP contribution is 2.45. The molecule has 0 bridgehead atoms. The summed E-state index contributed by atoms with van der Waals surface area (Å²) < 4.78 is 44.0. The van der Waals surface area contributed by atoms with Crippen LogP contribution in [0.25, 0.3) is 0 Å². The van der Waals surface area contributed by atoms with Gasteiger partial charge in [-0.05, 0) is 22.8 Å². The fourth-order valence-electron chi connectivity index (χ4n) is 3.72. The van der Waals surface area contributed by atoms with Crippen molar-refractivity contribution in [3.8, 4) is 17.2 Å². The number of esters is 1. The standard InChI is InChI=1S/C30H35ClO9/c1-33-14-16-36-20-38-25-18-24(27(31)30(35-3)29(25)39-21-37-17-15-34-2)19-26(32)40-28(22-10-6-4-7-11-22)23-12-8-5-9-13-23/h4-13,18,28H,14-17,19-21H2,1-3H3. The molecule has 0 fully saturated rings. The normalized spacial score (nSPS) is 10.9. The number of hydrogen-bond donors (Lipinski definition) is 0. The van der Waals surface area contributed by atoms with Crippen molar-refractivity contribution in [2.75, 3.05) is 61.3 Å². The molecule has 0 heterocycles. The molecule has 0 radical (unpaired) electrons. The Bertz CT molecular complexity index is 1120. The molecule has 0 amide bonds. The molecule has 3 rings (SSSR count). The molecule has 3 aromatic rings. The van der Waals surface area contributed by atoms with Gasteiger partial charge in [-0.3, -0.25) is 4.79 Å². The smallest absolute Gasteiger partial charge is 0.311 e. The van der Waals surface area contributed by atoms with Gasteiger partial charge in [-0.1, -0.05) is 72.3 Å². The lowest BCUT2D eigenvalue weighted by Crippen LogP contribution is -2.16. The number of ether oxygens (including phenoxy) is 8. The maximum Gasteiger partial charge on any atom is 0.311 e. The van der Waals surface area contributed by atoms with Gasteiger partial charge in [-0.15, -0.1) is 0 Å². The van der Waals surface area contributed by atoms with Gasteiger partial charge < -0.3 is 37.9 Å². The minimum atomic E-state index is -0.590. The average molecular weight is 575 g/mol. The third-order valence-corrected chi connectivity index (χ3v) is 6.07. The summed E-state index contributed by atoms with van der Waals surface area (Å²) in [4.78, 5) is 13.3. The van der Waals surface area contributed by atoms with Crippen LogP contribution in [-0.2, 0) is 34.9 Å². The van der Waals surface area contributed by atoms with Crippen molar-refractivity contribution < 1.29 is 42.7 Å². The Hall–Kier alpha value is -3.34. The van der Waals surface area contributed by atoms with Crippen LogP contribution in [0.2, 0.25) is 5.02 Å². The topological polar surface area (TPSA) is 90.9 Å². The molecule has 0 N–H and O–H groups in total. The van der Waals surface area contributed by atoms with E-state index in [0.717, 1.165) is 11.1 Å². The molecule has 0 aliphatic carbocycles. The van der Waals surface area contributed by atoms with Gasteiger partial charge in [0.25, 0.3) is 0 Å². The predicted molar refractivity (Wildman–Crippen MR) is 149 cm³/mol. The minimum Gasteiger partial charge on any atom is -0.491 e. The van der Waals surface area contributed by atoms with Crippen LogP contribution in [0.4, 0.5) is 0 Å². The Morgan fingerprint density at radius 1 is 0.750 bits per heavy atom. The first-order chi connectivity index (χ1) is 19.6. The third-order valence-electron chi connectivity index (χ3n) is 5.66. The van der Waals surface area contributed by atoms with E-state index in [-0.39, 0.29) is 42.3 Å². The Kier molecular flexibility index (Phi) is 13.5. The summed E-state index contributed by atoms with van der Waals surface area (Å²) in [5.41, 5.74) is 2.13. The predicted octanol–water partition coefficient (Wildman–Crippen LogP) is 5.22. The summed E-state index contributed by atoms with van der Waals surface area (Å²) in [6, 6.07) is 20.7. The van der Waals surface area contributed by atoms with Gasteiger partial charge in [0.1, 0.15) is 0 Å². The van der Waals surface area contributed by atoms with Crippen LogP contribution in [-0.4, -0.2) is 67.3 Å². The summed E-state index contributed by atoms with van der Waals surface area (Å²) >= 11 is 6.69. The van der Waals surface area contributed by atoms with Crippen molar-refractivity contribution in [1.82, 2.24) is 0 Å². The van der Waals surface area contributed by atoms with E-state index in [1.807, 2.05) is 60.7 Å². The number of hydrogen-bond acceptors (Lipinski definition) is 9. The molecule has 0 atom stereocenters. The summed E-state index contributed by atoms with van der Waals surface area (Å²) in [6.45, 7) is 1.28. The largest absolute Gasteiger partial charge is 0.491 e. The molecule has 0 aliphatic rings. The lowest BCUT2D eigenvalue weighted by atomic mass is 10.0. The molecule has 0 aromatic heterocycles. The Morgan fingerprint density at radius 2 is 1.30 bits per heavy atom. The van der Waals surface area contributed by atoms with Crippen LogP contribution in [0.3, 0.4) is 0 Å². The number of carbonyl (C=O) groups excluding carboxylic acids is 1. The molecule has 0 saturated carbocycles. The molecule has 216 valence electrons. The quantitative estimate of drug-likeness (QED) is 0.115. The van der Waals surface area contributed by atoms with Crippen molar-refractivity contribution in [3.05, 3.63) is 88.4 Å². The Labute approximate surface area is 239 Å². The molecule has 0 aliphatic heterocycles. The number of rotatable bonds is 18. The number of methoxy groups -OCH3 is 3. The highest BCUT2D eigenvalue weighted by atomic mass is 35.5. The molecule has 10 heteroatoms. The fourth-order valence-corrected chi connectivity index (χ4v) is 4.00. The Morgan fingerprint density at radius 3 is 1.82 bits per heavy atom. The first kappa shape index (κ1) is 31.2. The van der Waals surface area contributed by atoms with Crippen LogP contribution < -0.4 is 14.2 Å². The van der Waals surface area contributed by atoms with E-state index in [1.54, 1.807) is 20.3 Å². The molecule has 0 saturated heterocycles. The second-order valence-electron chi connectivity index (χ2n) is 8.40. The zero-order valence-corrected chi connectivity index (χ0v) is 23.7. The molecule has 3 aromatic carbocycles. The van der Waals surface area contributed by atoms with Gasteiger partial charge in [0.15, 0.2) is 31.2 Å². The first-order valence-corrected chi connectivity index (χ1v) is 13.0. The number of benzene rings is 3. The van der Waals surface area contributed by atoms with Crippen molar-refractivity contribution in [2.45, 2.75) is 12.5 Å². The van der Waals surface area contributed by atoms with Gasteiger partial charge in [0, 0.05) is 14.2 Å². The molecular formula is C30H35ClO9. The Balaban J connectivity index is 1.83. The maximum atomic E-state index is 13.3. The molecule has 0 unspecified atom stereocenters. The SMILES string of the molecule is COCCOCOc1cc(CC(=O)OC(c2ccccc2)c2ccccc2)c(Cl)c(OC)c1OCOCCOC. The van der Waals surface area contributed by atoms with E-state index >= 15 is 0 Å². The van der Waals surface area contributed by atoms with E-state index in [0.29, 0.717) is 32.0 Å². The van der Waals surface area contributed by atoms with E-state index in [1.165, 1.54) is 7.11 Å². The zero-order valence-electron chi connectivity index (χ0n) is 22.9. The van der Waals surface area contributed by atoms with Gasteiger partial charge in [0.05, 0.1) is 45.0 Å². The monoisotopic (exact) mass is 574 g/mol. The average Bonchev–Trinajstić information content (AvgIpc) is 2.98. The second-order valence-corrected chi connectivity index (χ2v) is 8.78. The van der Waals surface area contributed by atoms with Crippen LogP contribution >= 0.6 is 11.6 Å². The molecule has 0 spiro atoms. The van der Waals surface area contributed by atoms with Gasteiger partial charge >= 0.3 is 5.97 Å². The van der Waals surface area contributed by atoms with Crippen molar-refractivity contribution in [1.29, 1.82) is 0 Å². The van der Waals surface area contributed by atoms with Gasteiger partial charge in [-0.2, -0.15) is 0 Å². The molecule has 40 heavy (non-hydrogen) atoms. The van der Waals surface area contributed by atoms with E-state index in [2.05, 4.69) is 0 Å². The fraction of sp³-hybridized carbons (Fsp3) is 0.367. The van der Waals surface area contributed by atoms with Crippen LogP contribution in [0.15, 0.2) is 66.7 Å². The van der Waals surface area contributed by atoms with Gasteiger partial charge in [0.2, 0.25) is 5.75 Å². The summed E-state index contributed by atoms with van der Waals surface area (Å²) in [5.74, 6) is 0.181. The van der Waals surface area contributed by atoms with E-state index in [9.17, 15) is 4.79 Å². The van der Waals surface area contributed by atoms with E-state index in [4.69, 9.17) is 49.5 Å². The summed E-state index contributed by atoms with van der Waals surface area (Å²) in [7, 11) is 4.60.